The normalized spacial score (nSPS) is 10.2. The van der Waals surface area contributed by atoms with E-state index in [0.717, 1.165) is 6.42 Å². The van der Waals surface area contributed by atoms with Crippen LogP contribution in [0.3, 0.4) is 0 Å². The summed E-state index contributed by atoms with van der Waals surface area (Å²) < 4.78 is 4.66. The Bertz CT molecular complexity index is 121. The summed E-state index contributed by atoms with van der Waals surface area (Å²) in [6.45, 7) is 2.23. The number of esters is 1. The van der Waals surface area contributed by atoms with Crippen LogP contribution in [0.15, 0.2) is 12.2 Å². The molecule has 0 radical (unpaired) electrons. The minimum Gasteiger partial charge on any atom is -0.447 e. The number of carbonyl (C=O) groups is 1. The first-order chi connectivity index (χ1) is 4.81. The smallest absolute Gasteiger partial charge is 0.331 e. The predicted octanol–water partition coefficient (Wildman–Crippen LogP) is 0.673. The van der Waals surface area contributed by atoms with E-state index in [-0.39, 0.29) is 12.7 Å². The standard InChI is InChI=1S/C7H13NO2/c1-3-4-5-7(9)10-6-8-2/h4-5,8H,3,6H2,1-2H3. The van der Waals surface area contributed by atoms with Gasteiger partial charge in [0, 0.05) is 6.08 Å². The second-order valence-electron chi connectivity index (χ2n) is 1.77. The first kappa shape index (κ1) is 9.17. The van der Waals surface area contributed by atoms with Gasteiger partial charge in [0.25, 0.3) is 0 Å². The Morgan fingerprint density at radius 1 is 1.70 bits per heavy atom. The maximum absolute atomic E-state index is 10.6. The molecule has 0 aromatic carbocycles. The molecule has 0 aliphatic rings. The molecule has 0 heterocycles. The van der Waals surface area contributed by atoms with E-state index in [1.165, 1.54) is 6.08 Å². The van der Waals surface area contributed by atoms with Crippen LogP contribution in [0, 0.1) is 0 Å². The molecule has 0 aromatic rings. The molecule has 58 valence electrons. The Morgan fingerprint density at radius 2 is 2.40 bits per heavy atom. The molecule has 0 amide bonds. The van der Waals surface area contributed by atoms with Crippen molar-refractivity contribution in [3.63, 3.8) is 0 Å². The quantitative estimate of drug-likeness (QED) is 0.357. The molecular formula is C7H13NO2. The summed E-state index contributed by atoms with van der Waals surface area (Å²) in [5.74, 6) is -0.295. The zero-order valence-corrected chi connectivity index (χ0v) is 6.39. The highest BCUT2D eigenvalue weighted by Gasteiger charge is 1.91. The highest BCUT2D eigenvalue weighted by Crippen LogP contribution is 1.82. The van der Waals surface area contributed by atoms with Gasteiger partial charge >= 0.3 is 5.97 Å². The van der Waals surface area contributed by atoms with Crippen LogP contribution in [0.1, 0.15) is 13.3 Å². The van der Waals surface area contributed by atoms with Crippen LogP contribution in [-0.4, -0.2) is 19.7 Å². The molecule has 0 atom stereocenters. The molecule has 10 heavy (non-hydrogen) atoms. The lowest BCUT2D eigenvalue weighted by Crippen LogP contribution is -2.14. The molecule has 0 saturated carbocycles. The highest BCUT2D eigenvalue weighted by molar-refractivity contribution is 5.81. The number of nitrogens with one attached hydrogen (secondary N) is 1. The average Bonchev–Trinajstić information content (AvgIpc) is 1.97. The van der Waals surface area contributed by atoms with Gasteiger partial charge in [0.2, 0.25) is 0 Å². The molecule has 0 unspecified atom stereocenters. The number of hydrogen-bond acceptors (Lipinski definition) is 3. The van der Waals surface area contributed by atoms with Crippen molar-refractivity contribution in [2.75, 3.05) is 13.8 Å². The fraction of sp³-hybridized carbons (Fsp3) is 0.571. The molecule has 3 heteroatoms. The summed E-state index contributed by atoms with van der Waals surface area (Å²) in [4.78, 5) is 10.6. The predicted molar refractivity (Wildman–Crippen MR) is 39.4 cm³/mol. The van der Waals surface area contributed by atoms with E-state index < -0.39 is 0 Å². The maximum Gasteiger partial charge on any atom is 0.331 e. The highest BCUT2D eigenvalue weighted by atomic mass is 16.5. The van der Waals surface area contributed by atoms with Crippen LogP contribution in [0.5, 0.6) is 0 Å². The molecule has 1 N–H and O–H groups in total. The molecule has 0 rings (SSSR count). The van der Waals surface area contributed by atoms with E-state index in [1.54, 1.807) is 13.1 Å². The summed E-state index contributed by atoms with van der Waals surface area (Å²) in [7, 11) is 1.72. The van der Waals surface area contributed by atoms with Gasteiger partial charge < -0.3 is 4.74 Å². The lowest BCUT2D eigenvalue weighted by molar-refractivity contribution is -0.138. The third kappa shape index (κ3) is 5.31. The van der Waals surface area contributed by atoms with E-state index in [4.69, 9.17) is 0 Å². The van der Waals surface area contributed by atoms with Crippen molar-refractivity contribution in [1.29, 1.82) is 0 Å². The van der Waals surface area contributed by atoms with Gasteiger partial charge in [0.1, 0.15) is 6.73 Å². The van der Waals surface area contributed by atoms with Gasteiger partial charge in [0.15, 0.2) is 0 Å². The monoisotopic (exact) mass is 143 g/mol. The topological polar surface area (TPSA) is 38.3 Å². The van der Waals surface area contributed by atoms with Crippen molar-refractivity contribution in [3.05, 3.63) is 12.2 Å². The number of ether oxygens (including phenoxy) is 1. The van der Waals surface area contributed by atoms with Crippen molar-refractivity contribution in [3.8, 4) is 0 Å². The van der Waals surface area contributed by atoms with E-state index in [2.05, 4.69) is 10.1 Å². The summed E-state index contributed by atoms with van der Waals surface area (Å²) in [5, 5.41) is 2.70. The lowest BCUT2D eigenvalue weighted by Gasteiger charge is -1.97. The fourth-order valence-electron chi connectivity index (χ4n) is 0.405. The Hall–Kier alpha value is -0.830. The molecule has 0 fully saturated rings. The molecule has 3 nitrogen and oxygen atoms in total. The Morgan fingerprint density at radius 3 is 2.90 bits per heavy atom. The van der Waals surface area contributed by atoms with Crippen molar-refractivity contribution in [2.45, 2.75) is 13.3 Å². The summed E-state index contributed by atoms with van der Waals surface area (Å²) >= 11 is 0. The van der Waals surface area contributed by atoms with Crippen LogP contribution in [0.2, 0.25) is 0 Å². The molecular weight excluding hydrogens is 130 g/mol. The second-order valence-corrected chi connectivity index (χ2v) is 1.77. The van der Waals surface area contributed by atoms with Crippen LogP contribution in [-0.2, 0) is 9.53 Å². The van der Waals surface area contributed by atoms with Crippen molar-refractivity contribution in [1.82, 2.24) is 5.32 Å². The number of rotatable bonds is 4. The van der Waals surface area contributed by atoms with Gasteiger partial charge in [-0.25, -0.2) is 4.79 Å². The number of carbonyl (C=O) groups excluding carboxylic acids is 1. The SMILES string of the molecule is CCC=CC(=O)OCNC. The van der Waals surface area contributed by atoms with Gasteiger partial charge in [0.05, 0.1) is 0 Å². The minimum absolute atomic E-state index is 0.271. The number of hydrogen-bond donors (Lipinski definition) is 1. The Labute approximate surface area is 61.1 Å². The van der Waals surface area contributed by atoms with E-state index in [1.807, 2.05) is 6.92 Å². The minimum atomic E-state index is -0.295. The third-order valence-electron chi connectivity index (χ3n) is 0.848. The van der Waals surface area contributed by atoms with Crippen LogP contribution >= 0.6 is 0 Å². The molecule has 0 aliphatic carbocycles. The Kier molecular flexibility index (Phi) is 5.77. The van der Waals surface area contributed by atoms with Crippen LogP contribution in [0.4, 0.5) is 0 Å². The first-order valence-electron chi connectivity index (χ1n) is 3.29. The van der Waals surface area contributed by atoms with Crippen molar-refractivity contribution < 1.29 is 9.53 Å². The van der Waals surface area contributed by atoms with Crippen LogP contribution in [0.25, 0.3) is 0 Å². The van der Waals surface area contributed by atoms with E-state index in [0.29, 0.717) is 0 Å². The molecule has 0 saturated heterocycles. The van der Waals surface area contributed by atoms with Crippen molar-refractivity contribution in [2.24, 2.45) is 0 Å². The van der Waals surface area contributed by atoms with Gasteiger partial charge in [-0.2, -0.15) is 0 Å². The van der Waals surface area contributed by atoms with Gasteiger partial charge in [-0.15, -0.1) is 0 Å². The summed E-state index contributed by atoms with van der Waals surface area (Å²) in [6.07, 6.45) is 4.05. The lowest BCUT2D eigenvalue weighted by atomic mass is 10.4. The van der Waals surface area contributed by atoms with E-state index in [9.17, 15) is 4.79 Å². The molecule has 0 bridgehead atoms. The van der Waals surface area contributed by atoms with Crippen molar-refractivity contribution >= 4 is 5.97 Å². The second kappa shape index (κ2) is 6.29. The number of allylic oxidation sites excluding steroid dienone is 1. The fourth-order valence-corrected chi connectivity index (χ4v) is 0.405. The molecule has 0 spiro atoms. The van der Waals surface area contributed by atoms with Gasteiger partial charge in [-0.1, -0.05) is 13.0 Å². The van der Waals surface area contributed by atoms with E-state index >= 15 is 0 Å². The zero-order chi connectivity index (χ0) is 7.82. The zero-order valence-electron chi connectivity index (χ0n) is 6.39. The first-order valence-corrected chi connectivity index (χ1v) is 3.29. The van der Waals surface area contributed by atoms with Crippen LogP contribution < -0.4 is 5.32 Å². The van der Waals surface area contributed by atoms with Gasteiger partial charge in [-0.05, 0) is 13.5 Å². The third-order valence-corrected chi connectivity index (χ3v) is 0.848. The Balaban J connectivity index is 3.34. The maximum atomic E-state index is 10.6. The largest absolute Gasteiger partial charge is 0.447 e. The summed E-state index contributed by atoms with van der Waals surface area (Å²) in [6, 6.07) is 0. The van der Waals surface area contributed by atoms with Gasteiger partial charge in [-0.3, -0.25) is 5.32 Å². The summed E-state index contributed by atoms with van der Waals surface area (Å²) in [5.41, 5.74) is 0. The average molecular weight is 143 g/mol. The molecule has 0 aliphatic heterocycles. The molecule has 0 aromatic heterocycles.